The van der Waals surface area contributed by atoms with Gasteiger partial charge < -0.3 is 19.6 Å². The molecule has 0 spiro atoms. The molecular formula is C12H18F3N3O3. The average molecular weight is 309 g/mol. The fraction of sp³-hybridized carbons (Fsp3) is 0.583. The van der Waals surface area contributed by atoms with Crippen molar-refractivity contribution in [2.24, 2.45) is 5.84 Å². The summed E-state index contributed by atoms with van der Waals surface area (Å²) in [5.41, 5.74) is 1.20. The highest BCUT2D eigenvalue weighted by Gasteiger charge is 2.31. The lowest BCUT2D eigenvalue weighted by atomic mass is 10.2. The quantitative estimate of drug-likeness (QED) is 0.411. The molecule has 9 heteroatoms. The second-order valence-electron chi connectivity index (χ2n) is 4.03. The van der Waals surface area contributed by atoms with E-state index in [0.29, 0.717) is 26.2 Å². The third-order valence-electron chi connectivity index (χ3n) is 2.39. The molecule has 0 radical (unpaired) electrons. The number of nitrogens with two attached hydrogens (primary N) is 1. The molecule has 0 amide bonds. The van der Waals surface area contributed by atoms with Crippen LogP contribution in [0.2, 0.25) is 0 Å². The van der Waals surface area contributed by atoms with E-state index in [1.165, 1.54) is 0 Å². The third-order valence-corrected chi connectivity index (χ3v) is 2.39. The Kier molecular flexibility index (Phi) is 7.20. The maximum absolute atomic E-state index is 12.7. The van der Waals surface area contributed by atoms with Crippen molar-refractivity contribution in [2.45, 2.75) is 12.6 Å². The van der Waals surface area contributed by atoms with E-state index in [1.54, 1.807) is 7.11 Å². The van der Waals surface area contributed by atoms with Crippen molar-refractivity contribution in [3.05, 3.63) is 17.7 Å². The second kappa shape index (κ2) is 8.65. The van der Waals surface area contributed by atoms with Crippen LogP contribution in [-0.4, -0.2) is 38.5 Å². The first-order valence-corrected chi connectivity index (χ1v) is 6.22. The van der Waals surface area contributed by atoms with Gasteiger partial charge in [0.25, 0.3) is 0 Å². The minimum absolute atomic E-state index is 0.115. The molecule has 0 bridgehead atoms. The minimum Gasteiger partial charge on any atom is -0.478 e. The molecule has 1 aromatic rings. The number of nitrogens with one attached hydrogen (secondary N) is 1. The maximum Gasteiger partial charge on any atom is 0.416 e. The Morgan fingerprint density at radius 1 is 1.19 bits per heavy atom. The van der Waals surface area contributed by atoms with Gasteiger partial charge in [0.1, 0.15) is 5.82 Å². The van der Waals surface area contributed by atoms with Crippen molar-refractivity contribution in [3.8, 4) is 5.88 Å². The van der Waals surface area contributed by atoms with Crippen molar-refractivity contribution in [1.82, 2.24) is 4.98 Å². The number of hydrogen-bond acceptors (Lipinski definition) is 6. The molecule has 0 atom stereocenters. The number of rotatable bonds is 9. The monoisotopic (exact) mass is 309 g/mol. The number of halogens is 3. The summed E-state index contributed by atoms with van der Waals surface area (Å²) in [4.78, 5) is 3.79. The van der Waals surface area contributed by atoms with Crippen LogP contribution in [0.1, 0.15) is 12.0 Å². The standard InChI is InChI=1S/C12H18F3N3O3/c1-19-5-6-20-3-2-4-21-11-8-9(12(13,14)15)7-10(17-11)18-16/h7-8H,2-6,16H2,1H3,(H,17,18). The molecule has 21 heavy (non-hydrogen) atoms. The first-order chi connectivity index (χ1) is 9.97. The summed E-state index contributed by atoms with van der Waals surface area (Å²) in [5.74, 6) is 4.83. The van der Waals surface area contributed by atoms with Gasteiger partial charge in [-0.2, -0.15) is 18.2 Å². The van der Waals surface area contributed by atoms with E-state index in [0.717, 1.165) is 12.1 Å². The van der Waals surface area contributed by atoms with Crippen molar-refractivity contribution < 1.29 is 27.4 Å². The second-order valence-corrected chi connectivity index (χ2v) is 4.03. The van der Waals surface area contributed by atoms with Crippen LogP contribution in [0.25, 0.3) is 0 Å². The van der Waals surface area contributed by atoms with E-state index in [9.17, 15) is 13.2 Å². The zero-order valence-corrected chi connectivity index (χ0v) is 11.6. The number of nitrogens with zero attached hydrogens (tertiary/aromatic N) is 1. The lowest BCUT2D eigenvalue weighted by Crippen LogP contribution is -2.13. The maximum atomic E-state index is 12.7. The molecule has 0 saturated carbocycles. The number of nitrogen functional groups attached to an aromatic ring is 1. The summed E-state index contributed by atoms with van der Waals surface area (Å²) < 4.78 is 53.2. The zero-order valence-electron chi connectivity index (χ0n) is 11.6. The molecule has 0 aliphatic rings. The highest BCUT2D eigenvalue weighted by atomic mass is 19.4. The van der Waals surface area contributed by atoms with Gasteiger partial charge in [0, 0.05) is 26.2 Å². The van der Waals surface area contributed by atoms with E-state index in [2.05, 4.69) is 10.4 Å². The molecule has 0 unspecified atom stereocenters. The number of aromatic nitrogens is 1. The van der Waals surface area contributed by atoms with Gasteiger partial charge in [0.05, 0.1) is 25.4 Å². The molecule has 0 fully saturated rings. The Morgan fingerprint density at radius 2 is 1.95 bits per heavy atom. The van der Waals surface area contributed by atoms with Gasteiger partial charge in [-0.25, -0.2) is 5.84 Å². The van der Waals surface area contributed by atoms with Crippen molar-refractivity contribution in [1.29, 1.82) is 0 Å². The summed E-state index contributed by atoms with van der Waals surface area (Å²) in [6.45, 7) is 1.55. The lowest BCUT2D eigenvalue weighted by molar-refractivity contribution is -0.137. The van der Waals surface area contributed by atoms with Gasteiger partial charge in [-0.15, -0.1) is 0 Å². The molecular weight excluding hydrogens is 291 g/mol. The Balaban J connectivity index is 2.47. The van der Waals surface area contributed by atoms with E-state index >= 15 is 0 Å². The van der Waals surface area contributed by atoms with E-state index in [1.807, 2.05) is 0 Å². The minimum atomic E-state index is -4.49. The summed E-state index contributed by atoms with van der Waals surface area (Å²) in [6.07, 6.45) is -3.97. The van der Waals surface area contributed by atoms with Gasteiger partial charge in [-0.05, 0) is 6.07 Å². The third kappa shape index (κ3) is 6.61. The molecule has 3 N–H and O–H groups in total. The Labute approximate surface area is 120 Å². The number of methoxy groups -OCH3 is 1. The molecule has 0 aliphatic heterocycles. The predicted octanol–water partition coefficient (Wildman–Crippen LogP) is 1.82. The number of hydrogen-bond donors (Lipinski definition) is 2. The molecule has 6 nitrogen and oxygen atoms in total. The lowest BCUT2D eigenvalue weighted by Gasteiger charge is -2.12. The summed E-state index contributed by atoms with van der Waals surface area (Å²) in [6, 6.07) is 1.63. The Hall–Kier alpha value is -1.58. The van der Waals surface area contributed by atoms with Gasteiger partial charge >= 0.3 is 6.18 Å². The first-order valence-electron chi connectivity index (χ1n) is 6.22. The fourth-order valence-electron chi connectivity index (χ4n) is 1.40. The highest BCUT2D eigenvalue weighted by molar-refractivity contribution is 5.41. The largest absolute Gasteiger partial charge is 0.478 e. The van der Waals surface area contributed by atoms with Crippen LogP contribution >= 0.6 is 0 Å². The van der Waals surface area contributed by atoms with Crippen LogP contribution in [-0.2, 0) is 15.7 Å². The van der Waals surface area contributed by atoms with Gasteiger partial charge in [-0.3, -0.25) is 0 Å². The van der Waals surface area contributed by atoms with Gasteiger partial charge in [0.15, 0.2) is 0 Å². The number of alkyl halides is 3. The number of pyridine rings is 1. The molecule has 1 heterocycles. The summed E-state index contributed by atoms with van der Waals surface area (Å²) in [5, 5.41) is 0. The number of ether oxygens (including phenoxy) is 3. The molecule has 1 aromatic heterocycles. The number of hydrazine groups is 1. The van der Waals surface area contributed by atoms with E-state index < -0.39 is 11.7 Å². The average Bonchev–Trinajstić information content (AvgIpc) is 2.45. The molecule has 1 rings (SSSR count). The topological polar surface area (TPSA) is 78.6 Å². The van der Waals surface area contributed by atoms with Gasteiger partial charge in [-0.1, -0.05) is 0 Å². The highest BCUT2D eigenvalue weighted by Crippen LogP contribution is 2.32. The van der Waals surface area contributed by atoms with Crippen LogP contribution in [0, 0.1) is 0 Å². The van der Waals surface area contributed by atoms with Gasteiger partial charge in [0.2, 0.25) is 5.88 Å². The van der Waals surface area contributed by atoms with E-state index in [-0.39, 0.29) is 18.3 Å². The molecule has 0 saturated heterocycles. The normalized spacial score (nSPS) is 11.5. The van der Waals surface area contributed by atoms with Crippen molar-refractivity contribution >= 4 is 5.82 Å². The summed E-state index contributed by atoms with van der Waals surface area (Å²) in [7, 11) is 1.56. The predicted molar refractivity (Wildman–Crippen MR) is 69.9 cm³/mol. The Morgan fingerprint density at radius 3 is 2.57 bits per heavy atom. The van der Waals surface area contributed by atoms with Crippen molar-refractivity contribution in [2.75, 3.05) is 39.0 Å². The first kappa shape index (κ1) is 17.5. The van der Waals surface area contributed by atoms with Crippen LogP contribution in [0.5, 0.6) is 5.88 Å². The number of anilines is 1. The SMILES string of the molecule is COCCOCCCOc1cc(C(F)(F)F)cc(NN)n1. The fourth-order valence-corrected chi connectivity index (χ4v) is 1.40. The smallest absolute Gasteiger partial charge is 0.416 e. The summed E-state index contributed by atoms with van der Waals surface area (Å²) >= 11 is 0. The zero-order chi connectivity index (χ0) is 15.7. The van der Waals surface area contributed by atoms with Crippen LogP contribution in [0.3, 0.4) is 0 Å². The van der Waals surface area contributed by atoms with Crippen LogP contribution < -0.4 is 16.0 Å². The van der Waals surface area contributed by atoms with E-state index in [4.69, 9.17) is 20.1 Å². The van der Waals surface area contributed by atoms with Crippen LogP contribution in [0.15, 0.2) is 12.1 Å². The Bertz CT molecular complexity index is 430. The van der Waals surface area contributed by atoms with Crippen LogP contribution in [0.4, 0.5) is 19.0 Å². The molecule has 120 valence electrons. The molecule has 0 aromatic carbocycles. The van der Waals surface area contributed by atoms with Crippen molar-refractivity contribution in [3.63, 3.8) is 0 Å². The molecule has 0 aliphatic carbocycles.